The highest BCUT2D eigenvalue weighted by atomic mass is 16.5. The third-order valence-corrected chi connectivity index (χ3v) is 6.27. The number of benzene rings is 2. The topological polar surface area (TPSA) is 40.6 Å². The molecule has 1 fully saturated rings. The molecule has 1 unspecified atom stereocenters. The number of anilines is 1. The number of hydrogen-bond acceptors (Lipinski definition) is 5. The number of nitrogens with one attached hydrogen (secondary N) is 1. The van der Waals surface area contributed by atoms with E-state index < -0.39 is 0 Å². The summed E-state index contributed by atoms with van der Waals surface area (Å²) in [5.41, 5.74) is 3.87. The van der Waals surface area contributed by atoms with E-state index in [0.717, 1.165) is 58.0 Å². The molecule has 0 bridgehead atoms. The Bertz CT molecular complexity index is 927. The van der Waals surface area contributed by atoms with Crippen LogP contribution in [-0.2, 0) is 6.42 Å². The molecular weight excluding hydrogens is 396 g/mol. The van der Waals surface area contributed by atoms with Crippen LogP contribution in [0.3, 0.4) is 0 Å². The molecule has 0 saturated carbocycles. The quantitative estimate of drug-likeness (QED) is 0.495. The van der Waals surface area contributed by atoms with Gasteiger partial charge in [-0.3, -0.25) is 9.88 Å². The van der Waals surface area contributed by atoms with Crippen molar-refractivity contribution in [2.75, 3.05) is 57.8 Å². The second kappa shape index (κ2) is 11.7. The van der Waals surface area contributed by atoms with Crippen LogP contribution in [-0.4, -0.2) is 62.8 Å². The normalized spacial score (nSPS) is 15.5. The molecule has 168 valence electrons. The highest BCUT2D eigenvalue weighted by Gasteiger charge is 2.19. The van der Waals surface area contributed by atoms with Gasteiger partial charge in [-0.2, -0.15) is 0 Å². The number of para-hydroxylation sites is 2. The maximum absolute atomic E-state index is 5.54. The predicted molar refractivity (Wildman–Crippen MR) is 132 cm³/mol. The van der Waals surface area contributed by atoms with Crippen LogP contribution in [0.2, 0.25) is 0 Å². The van der Waals surface area contributed by atoms with Crippen LogP contribution in [0.1, 0.15) is 17.0 Å². The molecule has 1 N–H and O–H groups in total. The number of hydrogen-bond donors (Lipinski definition) is 1. The summed E-state index contributed by atoms with van der Waals surface area (Å²) >= 11 is 0. The van der Waals surface area contributed by atoms with Crippen LogP contribution in [0.5, 0.6) is 5.75 Å². The minimum absolute atomic E-state index is 0.447. The van der Waals surface area contributed by atoms with Crippen molar-refractivity contribution in [1.29, 1.82) is 0 Å². The molecule has 1 atom stereocenters. The second-order valence-electron chi connectivity index (χ2n) is 8.38. The fraction of sp³-hybridized carbons (Fsp3) is 0.370. The van der Waals surface area contributed by atoms with Gasteiger partial charge in [0.2, 0.25) is 0 Å². The Morgan fingerprint density at radius 2 is 1.72 bits per heavy atom. The molecule has 1 aliphatic rings. The van der Waals surface area contributed by atoms with E-state index in [-0.39, 0.29) is 0 Å². The summed E-state index contributed by atoms with van der Waals surface area (Å²) < 4.78 is 5.54. The van der Waals surface area contributed by atoms with Crippen LogP contribution in [0.25, 0.3) is 0 Å². The summed E-state index contributed by atoms with van der Waals surface area (Å²) in [6.07, 6.45) is 4.83. The summed E-state index contributed by atoms with van der Waals surface area (Å²) in [5, 5.41) is 3.72. The third kappa shape index (κ3) is 6.09. The number of methoxy groups -OCH3 is 1. The van der Waals surface area contributed by atoms with Gasteiger partial charge < -0.3 is 15.0 Å². The van der Waals surface area contributed by atoms with Crippen molar-refractivity contribution in [3.05, 3.63) is 90.3 Å². The van der Waals surface area contributed by atoms with Gasteiger partial charge in [-0.1, -0.05) is 48.5 Å². The molecule has 3 aromatic rings. The van der Waals surface area contributed by atoms with Gasteiger partial charge >= 0.3 is 0 Å². The lowest BCUT2D eigenvalue weighted by atomic mass is 9.92. The van der Waals surface area contributed by atoms with Gasteiger partial charge in [0.25, 0.3) is 0 Å². The molecule has 1 aromatic heterocycles. The Labute approximate surface area is 192 Å². The number of piperazine rings is 1. The molecule has 2 heterocycles. The fourth-order valence-corrected chi connectivity index (χ4v) is 4.45. The zero-order valence-electron chi connectivity index (χ0n) is 19.0. The van der Waals surface area contributed by atoms with Crippen LogP contribution in [0.4, 0.5) is 5.69 Å². The lowest BCUT2D eigenvalue weighted by Gasteiger charge is -2.36. The van der Waals surface area contributed by atoms with E-state index in [0.29, 0.717) is 5.92 Å². The molecule has 0 aliphatic carbocycles. The van der Waals surface area contributed by atoms with E-state index >= 15 is 0 Å². The van der Waals surface area contributed by atoms with Crippen LogP contribution in [0, 0.1) is 0 Å². The van der Waals surface area contributed by atoms with Gasteiger partial charge in [0.1, 0.15) is 5.75 Å². The van der Waals surface area contributed by atoms with Gasteiger partial charge in [-0.15, -0.1) is 0 Å². The van der Waals surface area contributed by atoms with Gasteiger partial charge in [0.05, 0.1) is 12.8 Å². The highest BCUT2D eigenvalue weighted by molar-refractivity contribution is 5.58. The zero-order chi connectivity index (χ0) is 22.0. The predicted octanol–water partition coefficient (Wildman–Crippen LogP) is 3.83. The Morgan fingerprint density at radius 1 is 0.938 bits per heavy atom. The minimum Gasteiger partial charge on any atom is -0.495 e. The van der Waals surface area contributed by atoms with E-state index in [2.05, 4.69) is 68.6 Å². The van der Waals surface area contributed by atoms with Crippen molar-refractivity contribution in [2.45, 2.75) is 12.3 Å². The van der Waals surface area contributed by atoms with Gasteiger partial charge in [0, 0.05) is 64.1 Å². The first-order chi connectivity index (χ1) is 15.8. The molecule has 1 saturated heterocycles. The number of aromatic nitrogens is 1. The SMILES string of the molecule is COc1ccccc1N1CCN(CCNCC(Cc2cccnc2)c2ccccc2)CC1. The molecular formula is C27H34N4O. The third-order valence-electron chi connectivity index (χ3n) is 6.27. The van der Waals surface area contributed by atoms with Crippen molar-refractivity contribution in [2.24, 2.45) is 0 Å². The Balaban J connectivity index is 1.24. The van der Waals surface area contributed by atoms with E-state index in [1.807, 2.05) is 30.6 Å². The van der Waals surface area contributed by atoms with E-state index in [1.165, 1.54) is 16.8 Å². The van der Waals surface area contributed by atoms with E-state index in [1.54, 1.807) is 7.11 Å². The zero-order valence-corrected chi connectivity index (χ0v) is 19.0. The van der Waals surface area contributed by atoms with Crippen LogP contribution in [0.15, 0.2) is 79.1 Å². The van der Waals surface area contributed by atoms with Gasteiger partial charge in [0.15, 0.2) is 0 Å². The van der Waals surface area contributed by atoms with Crippen molar-refractivity contribution in [1.82, 2.24) is 15.2 Å². The first-order valence-electron chi connectivity index (χ1n) is 11.6. The van der Waals surface area contributed by atoms with Crippen molar-refractivity contribution >= 4 is 5.69 Å². The number of pyridine rings is 1. The lowest BCUT2D eigenvalue weighted by Crippen LogP contribution is -2.48. The molecule has 5 heteroatoms. The molecule has 5 nitrogen and oxygen atoms in total. The molecule has 4 rings (SSSR count). The molecule has 0 amide bonds. The number of nitrogens with zero attached hydrogens (tertiary/aromatic N) is 3. The molecule has 32 heavy (non-hydrogen) atoms. The monoisotopic (exact) mass is 430 g/mol. The average Bonchev–Trinajstić information content (AvgIpc) is 2.87. The Hall–Kier alpha value is -2.89. The summed E-state index contributed by atoms with van der Waals surface area (Å²) in [4.78, 5) is 9.27. The molecule has 1 aliphatic heterocycles. The van der Waals surface area contributed by atoms with Crippen molar-refractivity contribution in [3.8, 4) is 5.75 Å². The smallest absolute Gasteiger partial charge is 0.142 e. The highest BCUT2D eigenvalue weighted by Crippen LogP contribution is 2.28. The van der Waals surface area contributed by atoms with Crippen molar-refractivity contribution < 1.29 is 4.74 Å². The standard InChI is InChI=1S/C27H34N4O/c1-32-27-12-6-5-11-26(27)31-18-16-30(17-19-31)15-14-29-22-25(24-9-3-2-4-10-24)20-23-8-7-13-28-21-23/h2-13,21,25,29H,14-20,22H2,1H3. The Kier molecular flexibility index (Phi) is 8.12. The summed E-state index contributed by atoms with van der Waals surface area (Å²) in [6.45, 7) is 7.29. The van der Waals surface area contributed by atoms with Crippen LogP contribution < -0.4 is 15.0 Å². The number of ether oxygens (including phenoxy) is 1. The Morgan fingerprint density at radius 3 is 2.47 bits per heavy atom. The summed E-state index contributed by atoms with van der Waals surface area (Å²) in [6, 6.07) is 23.3. The van der Waals surface area contributed by atoms with Crippen molar-refractivity contribution in [3.63, 3.8) is 0 Å². The lowest BCUT2D eigenvalue weighted by molar-refractivity contribution is 0.256. The first-order valence-corrected chi connectivity index (χ1v) is 11.6. The van der Waals surface area contributed by atoms with Gasteiger partial charge in [-0.05, 0) is 35.7 Å². The van der Waals surface area contributed by atoms with Crippen LogP contribution >= 0.6 is 0 Å². The summed E-state index contributed by atoms with van der Waals surface area (Å²) in [5.74, 6) is 1.41. The average molecular weight is 431 g/mol. The largest absolute Gasteiger partial charge is 0.495 e. The maximum atomic E-state index is 5.54. The number of rotatable bonds is 10. The first kappa shape index (κ1) is 22.3. The maximum Gasteiger partial charge on any atom is 0.142 e. The van der Waals surface area contributed by atoms with E-state index in [9.17, 15) is 0 Å². The second-order valence-corrected chi connectivity index (χ2v) is 8.38. The fourth-order valence-electron chi connectivity index (χ4n) is 4.45. The summed E-state index contributed by atoms with van der Waals surface area (Å²) in [7, 11) is 1.75. The van der Waals surface area contributed by atoms with E-state index in [4.69, 9.17) is 4.74 Å². The van der Waals surface area contributed by atoms with Gasteiger partial charge in [-0.25, -0.2) is 0 Å². The minimum atomic E-state index is 0.447. The molecule has 0 radical (unpaired) electrons. The molecule has 2 aromatic carbocycles. The molecule has 0 spiro atoms.